The monoisotopic (exact) mass is 296 g/mol. The predicted molar refractivity (Wildman–Crippen MR) is 81.9 cm³/mol. The fourth-order valence-corrected chi connectivity index (χ4v) is 3.43. The summed E-state index contributed by atoms with van der Waals surface area (Å²) >= 11 is 0. The number of rotatable bonds is 5. The van der Waals surface area contributed by atoms with E-state index in [1.165, 1.54) is 12.1 Å². The zero-order valence-corrected chi connectivity index (χ0v) is 13.0. The minimum atomic E-state index is -0.387. The minimum Gasteiger partial charge on any atom is -0.329 e. The quantitative estimate of drug-likeness (QED) is 0.898. The zero-order chi connectivity index (χ0) is 15.5. The van der Waals surface area contributed by atoms with Crippen molar-refractivity contribution in [2.45, 2.75) is 51.6 Å². The average molecular weight is 296 g/mol. The first-order valence-corrected chi connectivity index (χ1v) is 7.90. The molecule has 0 amide bonds. The molecule has 1 saturated carbocycles. The summed E-state index contributed by atoms with van der Waals surface area (Å²) in [7, 11) is 0. The SMILES string of the molecule is CCN(Cc1cc(F)ccc1F)C1(CN)CCC(C)CC1. The fraction of sp³-hybridized carbons (Fsp3) is 0.647. The van der Waals surface area contributed by atoms with Gasteiger partial charge in [-0.15, -0.1) is 0 Å². The van der Waals surface area contributed by atoms with Gasteiger partial charge in [-0.2, -0.15) is 0 Å². The van der Waals surface area contributed by atoms with E-state index in [4.69, 9.17) is 5.73 Å². The van der Waals surface area contributed by atoms with Gasteiger partial charge in [0.25, 0.3) is 0 Å². The van der Waals surface area contributed by atoms with Gasteiger partial charge in [0.2, 0.25) is 0 Å². The summed E-state index contributed by atoms with van der Waals surface area (Å²) in [5.41, 5.74) is 6.42. The summed E-state index contributed by atoms with van der Waals surface area (Å²) < 4.78 is 27.3. The summed E-state index contributed by atoms with van der Waals surface area (Å²) in [6.07, 6.45) is 4.38. The van der Waals surface area contributed by atoms with Gasteiger partial charge < -0.3 is 5.73 Å². The Bertz CT molecular complexity index is 468. The molecule has 1 aromatic carbocycles. The molecule has 0 spiro atoms. The van der Waals surface area contributed by atoms with Crippen LogP contribution in [0.5, 0.6) is 0 Å². The Labute approximate surface area is 126 Å². The molecule has 118 valence electrons. The molecule has 2 N–H and O–H groups in total. The third kappa shape index (κ3) is 3.61. The summed E-state index contributed by atoms with van der Waals surface area (Å²) in [6, 6.07) is 3.67. The molecule has 0 atom stereocenters. The van der Waals surface area contributed by atoms with E-state index in [2.05, 4.69) is 18.7 Å². The minimum absolute atomic E-state index is 0.0694. The van der Waals surface area contributed by atoms with E-state index in [0.29, 0.717) is 18.7 Å². The van der Waals surface area contributed by atoms with Gasteiger partial charge >= 0.3 is 0 Å². The second kappa shape index (κ2) is 6.84. The van der Waals surface area contributed by atoms with Crippen LogP contribution in [0.2, 0.25) is 0 Å². The molecule has 2 nitrogen and oxygen atoms in total. The van der Waals surface area contributed by atoms with Gasteiger partial charge in [-0.3, -0.25) is 4.90 Å². The number of nitrogens with two attached hydrogens (primary N) is 1. The van der Waals surface area contributed by atoms with Gasteiger partial charge in [0.05, 0.1) is 0 Å². The van der Waals surface area contributed by atoms with E-state index in [-0.39, 0.29) is 17.2 Å². The van der Waals surface area contributed by atoms with Crippen molar-refractivity contribution in [1.82, 2.24) is 4.90 Å². The molecule has 2 rings (SSSR count). The smallest absolute Gasteiger partial charge is 0.127 e. The Morgan fingerprint density at radius 2 is 1.95 bits per heavy atom. The third-order valence-corrected chi connectivity index (χ3v) is 5.01. The highest BCUT2D eigenvalue weighted by Gasteiger charge is 2.37. The van der Waals surface area contributed by atoms with Crippen molar-refractivity contribution in [1.29, 1.82) is 0 Å². The van der Waals surface area contributed by atoms with Gasteiger partial charge in [-0.1, -0.05) is 13.8 Å². The normalized spacial score (nSPS) is 26.3. The lowest BCUT2D eigenvalue weighted by molar-refractivity contribution is 0.0414. The Kier molecular flexibility index (Phi) is 5.33. The van der Waals surface area contributed by atoms with Crippen molar-refractivity contribution >= 4 is 0 Å². The molecule has 21 heavy (non-hydrogen) atoms. The highest BCUT2D eigenvalue weighted by Crippen LogP contribution is 2.36. The number of nitrogens with zero attached hydrogens (tertiary/aromatic N) is 1. The van der Waals surface area contributed by atoms with Gasteiger partial charge in [0, 0.05) is 24.2 Å². The molecular formula is C17H26F2N2. The molecule has 0 bridgehead atoms. The van der Waals surface area contributed by atoms with Crippen molar-refractivity contribution in [2.75, 3.05) is 13.1 Å². The van der Waals surface area contributed by atoms with Crippen LogP contribution in [-0.4, -0.2) is 23.5 Å². The fourth-order valence-electron chi connectivity index (χ4n) is 3.43. The van der Waals surface area contributed by atoms with Gasteiger partial charge in [-0.25, -0.2) is 8.78 Å². The molecule has 1 aliphatic rings. The summed E-state index contributed by atoms with van der Waals surface area (Å²) in [4.78, 5) is 2.23. The van der Waals surface area contributed by atoms with Crippen LogP contribution in [0.25, 0.3) is 0 Å². The lowest BCUT2D eigenvalue weighted by Gasteiger charge is -2.47. The maximum absolute atomic E-state index is 13.9. The second-order valence-corrected chi connectivity index (χ2v) is 6.36. The number of likely N-dealkylation sites (N-methyl/N-ethyl adjacent to an activating group) is 1. The maximum Gasteiger partial charge on any atom is 0.127 e. The lowest BCUT2D eigenvalue weighted by atomic mass is 9.76. The molecule has 1 fully saturated rings. The Balaban J connectivity index is 2.19. The number of benzene rings is 1. The van der Waals surface area contributed by atoms with Crippen molar-refractivity contribution in [3.63, 3.8) is 0 Å². The number of halogens is 2. The van der Waals surface area contributed by atoms with E-state index >= 15 is 0 Å². The van der Waals surface area contributed by atoms with Crippen LogP contribution < -0.4 is 5.73 Å². The topological polar surface area (TPSA) is 29.3 Å². The molecular weight excluding hydrogens is 270 g/mol. The molecule has 0 aliphatic heterocycles. The summed E-state index contributed by atoms with van der Waals surface area (Å²) in [5.74, 6) is 0.00186. The Morgan fingerprint density at radius 3 is 2.52 bits per heavy atom. The van der Waals surface area contributed by atoms with E-state index in [9.17, 15) is 8.78 Å². The Hall–Kier alpha value is -1.00. The molecule has 0 heterocycles. The van der Waals surface area contributed by atoms with Crippen molar-refractivity contribution < 1.29 is 8.78 Å². The van der Waals surface area contributed by atoms with Crippen LogP contribution in [0.4, 0.5) is 8.78 Å². The van der Waals surface area contributed by atoms with Crippen molar-refractivity contribution in [3.05, 3.63) is 35.4 Å². The summed E-state index contributed by atoms with van der Waals surface area (Å²) in [6.45, 7) is 6.12. The van der Waals surface area contributed by atoms with Crippen LogP contribution in [0, 0.1) is 17.6 Å². The number of hydrogen-bond acceptors (Lipinski definition) is 2. The van der Waals surface area contributed by atoms with E-state index in [1.54, 1.807) is 0 Å². The average Bonchev–Trinajstić information content (AvgIpc) is 2.49. The second-order valence-electron chi connectivity index (χ2n) is 6.36. The molecule has 0 unspecified atom stereocenters. The molecule has 0 radical (unpaired) electrons. The largest absolute Gasteiger partial charge is 0.329 e. The maximum atomic E-state index is 13.9. The number of hydrogen-bond donors (Lipinski definition) is 1. The summed E-state index contributed by atoms with van der Waals surface area (Å²) in [5, 5.41) is 0. The van der Waals surface area contributed by atoms with Crippen molar-refractivity contribution in [3.8, 4) is 0 Å². The van der Waals surface area contributed by atoms with Gasteiger partial charge in [0.1, 0.15) is 11.6 Å². The van der Waals surface area contributed by atoms with Crippen LogP contribution in [0.1, 0.15) is 45.1 Å². The zero-order valence-electron chi connectivity index (χ0n) is 13.0. The van der Waals surface area contributed by atoms with Gasteiger partial charge in [-0.05, 0) is 56.3 Å². The molecule has 4 heteroatoms. The first kappa shape index (κ1) is 16.4. The van der Waals surface area contributed by atoms with Gasteiger partial charge in [0.15, 0.2) is 0 Å². The standard InChI is InChI=1S/C17H26F2N2/c1-3-21(11-14-10-15(18)4-5-16(14)19)17(12-20)8-6-13(2)7-9-17/h4-5,10,13H,3,6-9,11-12,20H2,1-2H3. The van der Waals surface area contributed by atoms with Crippen LogP contribution in [-0.2, 0) is 6.54 Å². The van der Waals surface area contributed by atoms with E-state index < -0.39 is 0 Å². The van der Waals surface area contributed by atoms with Crippen LogP contribution >= 0.6 is 0 Å². The Morgan fingerprint density at radius 1 is 1.29 bits per heavy atom. The predicted octanol–water partition coefficient (Wildman–Crippen LogP) is 3.69. The highest BCUT2D eigenvalue weighted by molar-refractivity contribution is 5.19. The molecule has 1 aromatic rings. The molecule has 0 aromatic heterocycles. The molecule has 0 saturated heterocycles. The highest BCUT2D eigenvalue weighted by atomic mass is 19.1. The van der Waals surface area contributed by atoms with E-state index in [0.717, 1.165) is 44.2 Å². The lowest BCUT2D eigenvalue weighted by Crippen LogP contribution is -2.55. The third-order valence-electron chi connectivity index (χ3n) is 5.01. The first-order valence-electron chi connectivity index (χ1n) is 7.90. The van der Waals surface area contributed by atoms with Crippen LogP contribution in [0.3, 0.4) is 0 Å². The van der Waals surface area contributed by atoms with Crippen molar-refractivity contribution in [2.24, 2.45) is 11.7 Å². The molecule has 1 aliphatic carbocycles. The van der Waals surface area contributed by atoms with E-state index in [1.807, 2.05) is 0 Å². The first-order chi connectivity index (χ1) is 10.0. The van der Waals surface area contributed by atoms with Crippen LogP contribution in [0.15, 0.2) is 18.2 Å².